The normalized spacial score (nSPS) is 18.0. The first kappa shape index (κ1) is 14.9. The van der Waals surface area contributed by atoms with Gasteiger partial charge in [0.1, 0.15) is 5.52 Å². The molecule has 1 atom stereocenters. The molecule has 0 radical (unpaired) electrons. The van der Waals surface area contributed by atoms with E-state index >= 15 is 0 Å². The fourth-order valence-corrected chi connectivity index (χ4v) is 2.56. The lowest BCUT2D eigenvalue weighted by Crippen LogP contribution is -2.44. The summed E-state index contributed by atoms with van der Waals surface area (Å²) in [6.07, 6.45) is 0.591. The Kier molecular flexibility index (Phi) is 4.10. The number of imidazole rings is 1. The molecule has 3 rings (SSSR count). The summed E-state index contributed by atoms with van der Waals surface area (Å²) in [4.78, 5) is 16.1. The van der Waals surface area contributed by atoms with Gasteiger partial charge < -0.3 is 29.6 Å². The van der Waals surface area contributed by atoms with Crippen LogP contribution in [0.15, 0.2) is 6.33 Å². The summed E-state index contributed by atoms with van der Waals surface area (Å²) in [5.41, 5.74) is 1.24. The Bertz CT molecular complexity index is 702. The van der Waals surface area contributed by atoms with Crippen LogP contribution in [0.3, 0.4) is 0 Å². The summed E-state index contributed by atoms with van der Waals surface area (Å²) in [5, 5.41) is 26.5. The topological polar surface area (TPSA) is 117 Å². The van der Waals surface area contributed by atoms with Crippen molar-refractivity contribution in [3.8, 4) is 0 Å². The number of nitrogens with one attached hydrogen (secondary N) is 2. The van der Waals surface area contributed by atoms with Crippen LogP contribution in [0.1, 0.15) is 0 Å². The van der Waals surface area contributed by atoms with Gasteiger partial charge in [-0.25, -0.2) is 4.98 Å². The van der Waals surface area contributed by atoms with Crippen LogP contribution in [-0.4, -0.2) is 80.6 Å². The molecular formula is C13H21N7O2. The van der Waals surface area contributed by atoms with E-state index in [1.807, 2.05) is 0 Å². The highest BCUT2D eigenvalue weighted by Crippen LogP contribution is 2.16. The summed E-state index contributed by atoms with van der Waals surface area (Å²) >= 11 is 0. The highest BCUT2D eigenvalue weighted by atomic mass is 16.3. The number of nitrogens with zero attached hydrogens (tertiary/aromatic N) is 5. The minimum absolute atomic E-state index is 0.123. The molecule has 22 heavy (non-hydrogen) atoms. The van der Waals surface area contributed by atoms with Crippen LogP contribution in [0.25, 0.3) is 11.2 Å². The van der Waals surface area contributed by atoms with Gasteiger partial charge in [0.25, 0.3) is 0 Å². The summed E-state index contributed by atoms with van der Waals surface area (Å²) in [6.45, 7) is 3.53. The van der Waals surface area contributed by atoms with Crippen molar-refractivity contribution in [1.29, 1.82) is 5.41 Å². The van der Waals surface area contributed by atoms with Gasteiger partial charge in [0.2, 0.25) is 5.95 Å². The summed E-state index contributed by atoms with van der Waals surface area (Å²) in [7, 11) is 2.09. The van der Waals surface area contributed by atoms with Gasteiger partial charge in [-0.15, -0.1) is 0 Å². The number of aliphatic hydroxyl groups is 2. The van der Waals surface area contributed by atoms with E-state index < -0.39 is 6.10 Å². The van der Waals surface area contributed by atoms with E-state index in [0.29, 0.717) is 11.2 Å². The predicted octanol–water partition coefficient (Wildman–Crippen LogP) is -1.66. The van der Waals surface area contributed by atoms with Crippen molar-refractivity contribution in [2.75, 3.05) is 44.7 Å². The Morgan fingerprint density at radius 1 is 1.36 bits per heavy atom. The van der Waals surface area contributed by atoms with Crippen molar-refractivity contribution in [3.05, 3.63) is 11.8 Å². The SMILES string of the molecule is CN1CCN(c2nc3c([nH]2)c(=N)ncn3C[C@H](O)CO)CC1. The number of hydrogen-bond acceptors (Lipinski definition) is 7. The Labute approximate surface area is 127 Å². The average Bonchev–Trinajstić information content (AvgIpc) is 2.97. The fraction of sp³-hybridized carbons (Fsp3) is 0.615. The molecule has 2 aromatic heterocycles. The van der Waals surface area contributed by atoms with Crippen molar-refractivity contribution in [2.45, 2.75) is 12.6 Å². The monoisotopic (exact) mass is 307 g/mol. The molecule has 2 aromatic rings. The van der Waals surface area contributed by atoms with E-state index in [-0.39, 0.29) is 18.6 Å². The van der Waals surface area contributed by atoms with E-state index in [9.17, 15) is 5.11 Å². The number of rotatable bonds is 4. The van der Waals surface area contributed by atoms with Gasteiger partial charge in [0.05, 0.1) is 25.6 Å². The second-order valence-electron chi connectivity index (χ2n) is 5.63. The second-order valence-corrected chi connectivity index (χ2v) is 5.63. The number of aliphatic hydroxyl groups excluding tert-OH is 2. The number of hydrogen-bond donors (Lipinski definition) is 4. The minimum Gasteiger partial charge on any atom is -0.394 e. The lowest BCUT2D eigenvalue weighted by Gasteiger charge is -2.31. The van der Waals surface area contributed by atoms with E-state index in [4.69, 9.17) is 10.5 Å². The molecule has 120 valence electrons. The van der Waals surface area contributed by atoms with Crippen molar-refractivity contribution >= 4 is 17.1 Å². The summed E-state index contributed by atoms with van der Waals surface area (Å²) < 4.78 is 1.66. The van der Waals surface area contributed by atoms with Crippen molar-refractivity contribution in [2.24, 2.45) is 0 Å². The van der Waals surface area contributed by atoms with Crippen LogP contribution < -0.4 is 10.4 Å². The van der Waals surface area contributed by atoms with Crippen molar-refractivity contribution in [3.63, 3.8) is 0 Å². The summed E-state index contributed by atoms with van der Waals surface area (Å²) in [6, 6.07) is 0. The van der Waals surface area contributed by atoms with Gasteiger partial charge in [-0.1, -0.05) is 0 Å². The molecule has 1 aliphatic rings. The van der Waals surface area contributed by atoms with E-state index in [1.54, 1.807) is 4.57 Å². The van der Waals surface area contributed by atoms with Gasteiger partial charge in [-0.05, 0) is 7.05 Å². The molecule has 0 bridgehead atoms. The molecule has 0 amide bonds. The quantitative estimate of drug-likeness (QED) is 0.537. The molecule has 9 nitrogen and oxygen atoms in total. The highest BCUT2D eigenvalue weighted by molar-refractivity contribution is 5.72. The zero-order chi connectivity index (χ0) is 15.7. The maximum absolute atomic E-state index is 9.63. The number of aromatic nitrogens is 4. The first-order chi connectivity index (χ1) is 10.6. The lowest BCUT2D eigenvalue weighted by molar-refractivity contribution is 0.0817. The molecule has 9 heteroatoms. The molecule has 3 heterocycles. The number of likely N-dealkylation sites (N-methyl/N-ethyl adjacent to an activating group) is 1. The molecule has 0 aromatic carbocycles. The number of anilines is 1. The molecule has 1 aliphatic heterocycles. The maximum Gasteiger partial charge on any atom is 0.205 e. The molecule has 0 aliphatic carbocycles. The van der Waals surface area contributed by atoms with E-state index in [0.717, 1.165) is 32.1 Å². The molecular weight excluding hydrogens is 286 g/mol. The largest absolute Gasteiger partial charge is 0.394 e. The van der Waals surface area contributed by atoms with Gasteiger partial charge in [-0.3, -0.25) is 5.41 Å². The first-order valence-corrected chi connectivity index (χ1v) is 7.30. The summed E-state index contributed by atoms with van der Waals surface area (Å²) in [5.74, 6) is 0.719. The average molecular weight is 307 g/mol. The fourth-order valence-electron chi connectivity index (χ4n) is 2.56. The van der Waals surface area contributed by atoms with E-state index in [2.05, 4.69) is 31.8 Å². The van der Waals surface area contributed by atoms with Gasteiger partial charge in [0, 0.05) is 26.2 Å². The molecule has 0 saturated carbocycles. The van der Waals surface area contributed by atoms with Crippen LogP contribution in [0.4, 0.5) is 5.95 Å². The molecule has 1 saturated heterocycles. The van der Waals surface area contributed by atoms with Gasteiger partial charge in [0.15, 0.2) is 11.1 Å². The molecule has 0 spiro atoms. The van der Waals surface area contributed by atoms with E-state index in [1.165, 1.54) is 6.33 Å². The van der Waals surface area contributed by atoms with Gasteiger partial charge >= 0.3 is 0 Å². The van der Waals surface area contributed by atoms with Crippen molar-refractivity contribution in [1.82, 2.24) is 24.4 Å². The van der Waals surface area contributed by atoms with Crippen LogP contribution >= 0.6 is 0 Å². The van der Waals surface area contributed by atoms with Crippen LogP contribution in [0, 0.1) is 5.41 Å². The first-order valence-electron chi connectivity index (χ1n) is 7.30. The zero-order valence-corrected chi connectivity index (χ0v) is 12.5. The molecule has 1 fully saturated rings. The van der Waals surface area contributed by atoms with Gasteiger partial charge in [-0.2, -0.15) is 4.98 Å². The number of H-pyrrole nitrogens is 1. The Morgan fingerprint density at radius 3 is 2.77 bits per heavy atom. The number of piperazine rings is 1. The van der Waals surface area contributed by atoms with Crippen LogP contribution in [-0.2, 0) is 6.54 Å². The third-order valence-electron chi connectivity index (χ3n) is 3.93. The van der Waals surface area contributed by atoms with Crippen molar-refractivity contribution < 1.29 is 10.2 Å². The Morgan fingerprint density at radius 2 is 2.09 bits per heavy atom. The van der Waals surface area contributed by atoms with Crippen LogP contribution in [0.2, 0.25) is 0 Å². The second kappa shape index (κ2) is 6.03. The molecule has 4 N–H and O–H groups in total. The minimum atomic E-state index is -0.879. The number of aromatic amines is 1. The smallest absolute Gasteiger partial charge is 0.205 e. The third-order valence-corrected chi connectivity index (χ3v) is 3.93. The Balaban J connectivity index is 1.95. The Hall–Kier alpha value is -1.97. The predicted molar refractivity (Wildman–Crippen MR) is 80.5 cm³/mol. The standard InChI is InChI=1S/C13H21N7O2/c1-18-2-4-19(5-3-18)13-16-10-11(14)15-8-20(12(10)17-13)6-9(22)7-21/h8-9,14,21-22H,2-7H2,1H3,(H,16,17)/t9-/m0/s1. The maximum atomic E-state index is 9.63. The van der Waals surface area contributed by atoms with Crippen LogP contribution in [0.5, 0.6) is 0 Å². The third kappa shape index (κ3) is 2.82. The number of fused-ring (bicyclic) bond motifs is 1. The zero-order valence-electron chi connectivity index (χ0n) is 12.5. The highest BCUT2D eigenvalue weighted by Gasteiger charge is 2.19. The lowest BCUT2D eigenvalue weighted by atomic mass is 10.3. The molecule has 0 unspecified atom stereocenters.